The number of rotatable bonds is 1. The summed E-state index contributed by atoms with van der Waals surface area (Å²) in [4.78, 5) is 4.50. The van der Waals surface area contributed by atoms with Crippen molar-refractivity contribution in [3.05, 3.63) is 29.5 Å². The van der Waals surface area contributed by atoms with Crippen LogP contribution in [0.5, 0.6) is 6.01 Å². The third-order valence-corrected chi connectivity index (χ3v) is 1.66. The summed E-state index contributed by atoms with van der Waals surface area (Å²) in [6.45, 7) is 0. The van der Waals surface area contributed by atoms with E-state index in [1.54, 1.807) is 24.3 Å². The molecule has 0 radical (unpaired) electrons. The van der Waals surface area contributed by atoms with Crippen LogP contribution in [-0.2, 0) is 0 Å². The number of methoxy groups -OCH3 is 1. The SMILES string of the molecule is COc1nc2ccccc2[n+]([O-])n1. The molecule has 0 saturated heterocycles. The fourth-order valence-electron chi connectivity index (χ4n) is 1.06. The van der Waals surface area contributed by atoms with Gasteiger partial charge in [0.2, 0.25) is 0 Å². The van der Waals surface area contributed by atoms with E-state index in [0.717, 1.165) is 0 Å². The Morgan fingerprint density at radius 2 is 2.15 bits per heavy atom. The molecule has 5 nitrogen and oxygen atoms in total. The van der Waals surface area contributed by atoms with E-state index in [2.05, 4.69) is 10.1 Å². The Balaban J connectivity index is 2.77. The van der Waals surface area contributed by atoms with Crippen LogP contribution in [0.2, 0.25) is 0 Å². The van der Waals surface area contributed by atoms with Crippen molar-refractivity contribution in [1.29, 1.82) is 0 Å². The van der Waals surface area contributed by atoms with Crippen LogP contribution in [0.15, 0.2) is 24.3 Å². The maximum absolute atomic E-state index is 11.2. The Kier molecular flexibility index (Phi) is 1.70. The van der Waals surface area contributed by atoms with Gasteiger partial charge in [-0.1, -0.05) is 12.1 Å². The molecule has 13 heavy (non-hydrogen) atoms. The average molecular weight is 177 g/mol. The number of para-hydroxylation sites is 2. The lowest BCUT2D eigenvalue weighted by molar-refractivity contribution is -0.643. The first kappa shape index (κ1) is 7.72. The Hall–Kier alpha value is -1.91. The number of aromatic nitrogens is 3. The smallest absolute Gasteiger partial charge is 0.381 e. The zero-order valence-electron chi connectivity index (χ0n) is 6.97. The predicted octanol–water partition coefficient (Wildman–Crippen LogP) is 0.272. The molecule has 0 bridgehead atoms. The second kappa shape index (κ2) is 2.85. The minimum absolute atomic E-state index is 0.0775. The average Bonchev–Trinajstić information content (AvgIpc) is 2.18. The van der Waals surface area contributed by atoms with Gasteiger partial charge in [0.05, 0.1) is 12.2 Å². The van der Waals surface area contributed by atoms with Crippen LogP contribution >= 0.6 is 0 Å². The molecule has 5 heteroatoms. The molecule has 0 aliphatic carbocycles. The largest absolute Gasteiger partial charge is 0.594 e. The van der Waals surface area contributed by atoms with Gasteiger partial charge in [-0.15, -0.1) is 0 Å². The van der Waals surface area contributed by atoms with Crippen LogP contribution in [0.25, 0.3) is 11.0 Å². The Morgan fingerprint density at radius 3 is 2.92 bits per heavy atom. The number of nitrogens with zero attached hydrogens (tertiary/aromatic N) is 3. The summed E-state index contributed by atoms with van der Waals surface area (Å²) >= 11 is 0. The fourth-order valence-corrected chi connectivity index (χ4v) is 1.06. The zero-order valence-corrected chi connectivity index (χ0v) is 6.97. The van der Waals surface area contributed by atoms with E-state index in [4.69, 9.17) is 4.74 Å². The highest BCUT2D eigenvalue weighted by Crippen LogP contribution is 2.07. The van der Waals surface area contributed by atoms with E-state index in [0.29, 0.717) is 15.9 Å². The summed E-state index contributed by atoms with van der Waals surface area (Å²) < 4.78 is 4.76. The summed E-state index contributed by atoms with van der Waals surface area (Å²) in [6.07, 6.45) is 0. The van der Waals surface area contributed by atoms with Crippen molar-refractivity contribution in [3.63, 3.8) is 0 Å². The predicted molar refractivity (Wildman–Crippen MR) is 45.1 cm³/mol. The molecule has 2 rings (SSSR count). The number of fused-ring (bicyclic) bond motifs is 1. The Labute approximate surface area is 74.2 Å². The summed E-state index contributed by atoms with van der Waals surface area (Å²) in [5.74, 6) is 0. The van der Waals surface area contributed by atoms with Crippen molar-refractivity contribution in [2.75, 3.05) is 7.11 Å². The van der Waals surface area contributed by atoms with E-state index in [1.807, 2.05) is 0 Å². The lowest BCUT2D eigenvalue weighted by atomic mass is 10.3. The third kappa shape index (κ3) is 1.24. The monoisotopic (exact) mass is 177 g/mol. The molecule has 0 atom stereocenters. The van der Waals surface area contributed by atoms with E-state index < -0.39 is 0 Å². The molecule has 0 saturated carbocycles. The molecule has 0 N–H and O–H groups in total. The molecular formula is C8H7N3O2. The van der Waals surface area contributed by atoms with Crippen LogP contribution in [0.4, 0.5) is 0 Å². The van der Waals surface area contributed by atoms with Crippen LogP contribution < -0.4 is 9.58 Å². The topological polar surface area (TPSA) is 62.0 Å². The van der Waals surface area contributed by atoms with Crippen LogP contribution in [-0.4, -0.2) is 17.2 Å². The van der Waals surface area contributed by atoms with Crippen molar-refractivity contribution in [1.82, 2.24) is 10.1 Å². The molecular weight excluding hydrogens is 170 g/mol. The molecule has 0 aliphatic heterocycles. The number of benzene rings is 1. The van der Waals surface area contributed by atoms with Gasteiger partial charge in [-0.25, -0.2) is 0 Å². The summed E-state index contributed by atoms with van der Waals surface area (Å²) in [5, 5.41) is 14.8. The van der Waals surface area contributed by atoms with E-state index >= 15 is 0 Å². The quantitative estimate of drug-likeness (QED) is 0.463. The molecule has 1 heterocycles. The highest BCUT2D eigenvalue weighted by atomic mass is 16.5. The fraction of sp³-hybridized carbons (Fsp3) is 0.125. The summed E-state index contributed by atoms with van der Waals surface area (Å²) in [7, 11) is 1.42. The third-order valence-electron chi connectivity index (χ3n) is 1.66. The van der Waals surface area contributed by atoms with Crippen LogP contribution in [0, 0.1) is 5.21 Å². The van der Waals surface area contributed by atoms with Crippen molar-refractivity contribution in [2.24, 2.45) is 0 Å². The maximum atomic E-state index is 11.2. The Bertz CT molecular complexity index is 444. The van der Waals surface area contributed by atoms with Crippen molar-refractivity contribution in [3.8, 4) is 6.01 Å². The maximum Gasteiger partial charge on any atom is 0.381 e. The van der Waals surface area contributed by atoms with E-state index in [9.17, 15) is 5.21 Å². The molecule has 1 aromatic carbocycles. The lowest BCUT2D eigenvalue weighted by Gasteiger charge is -1.99. The standard InChI is InChI=1S/C8H7N3O2/c1-13-8-9-6-4-2-3-5-7(6)11(12)10-8/h2-5H,1H3. The van der Waals surface area contributed by atoms with Crippen LogP contribution in [0.3, 0.4) is 0 Å². The van der Waals surface area contributed by atoms with Gasteiger partial charge in [0.25, 0.3) is 5.52 Å². The van der Waals surface area contributed by atoms with Crippen LogP contribution in [0.1, 0.15) is 0 Å². The summed E-state index contributed by atoms with van der Waals surface area (Å²) in [5.41, 5.74) is 1.01. The van der Waals surface area contributed by atoms with Gasteiger partial charge in [0.15, 0.2) is 0 Å². The molecule has 66 valence electrons. The van der Waals surface area contributed by atoms with Crippen molar-refractivity contribution >= 4 is 11.0 Å². The molecule has 0 unspecified atom stereocenters. The molecule has 0 fully saturated rings. The number of ether oxygens (including phenoxy) is 1. The molecule has 0 spiro atoms. The van der Waals surface area contributed by atoms with Gasteiger partial charge in [-0.05, 0) is 10.9 Å². The first-order chi connectivity index (χ1) is 6.31. The van der Waals surface area contributed by atoms with E-state index in [1.165, 1.54) is 7.11 Å². The van der Waals surface area contributed by atoms with Gasteiger partial charge < -0.3 is 9.94 Å². The number of hydrogen-bond acceptors (Lipinski definition) is 4. The first-order valence-corrected chi connectivity index (χ1v) is 3.72. The van der Waals surface area contributed by atoms with Gasteiger partial charge >= 0.3 is 6.01 Å². The minimum Gasteiger partial charge on any atom is -0.594 e. The highest BCUT2D eigenvalue weighted by Gasteiger charge is 2.08. The van der Waals surface area contributed by atoms with Gasteiger partial charge in [-0.2, -0.15) is 4.98 Å². The van der Waals surface area contributed by atoms with Crippen molar-refractivity contribution < 1.29 is 9.58 Å². The van der Waals surface area contributed by atoms with E-state index in [-0.39, 0.29) is 6.01 Å². The first-order valence-electron chi connectivity index (χ1n) is 3.72. The number of hydrogen-bond donors (Lipinski definition) is 0. The normalized spacial score (nSPS) is 10.2. The van der Waals surface area contributed by atoms with Gasteiger partial charge in [0, 0.05) is 6.07 Å². The molecule has 1 aromatic heterocycles. The Morgan fingerprint density at radius 1 is 1.38 bits per heavy atom. The molecule has 0 amide bonds. The van der Waals surface area contributed by atoms with Crippen molar-refractivity contribution in [2.45, 2.75) is 0 Å². The second-order valence-electron chi connectivity index (χ2n) is 2.46. The van der Waals surface area contributed by atoms with Gasteiger partial charge in [0.1, 0.15) is 5.52 Å². The molecule has 2 aromatic rings. The summed E-state index contributed by atoms with van der Waals surface area (Å²) in [6, 6.07) is 7.02. The minimum atomic E-state index is 0.0775. The van der Waals surface area contributed by atoms with Gasteiger partial charge in [-0.3, -0.25) is 0 Å². The zero-order chi connectivity index (χ0) is 9.26. The molecule has 0 aliphatic rings. The second-order valence-corrected chi connectivity index (χ2v) is 2.46. The lowest BCUT2D eigenvalue weighted by Crippen LogP contribution is -2.32. The highest BCUT2D eigenvalue weighted by molar-refractivity contribution is 5.70.